The van der Waals surface area contributed by atoms with Gasteiger partial charge in [-0.25, -0.2) is 0 Å². The third kappa shape index (κ3) is 2.67. The van der Waals surface area contributed by atoms with Crippen molar-refractivity contribution in [3.05, 3.63) is 29.3 Å². The molecule has 0 atom stereocenters. The highest BCUT2D eigenvalue weighted by Gasteiger charge is 2.07. The lowest BCUT2D eigenvalue weighted by Crippen LogP contribution is -2.05. The highest BCUT2D eigenvalue weighted by Crippen LogP contribution is 2.21. The molecule has 0 saturated heterocycles. The summed E-state index contributed by atoms with van der Waals surface area (Å²) in [6.45, 7) is 0. The Kier molecular flexibility index (Phi) is 2.54. The molecule has 1 aromatic carbocycles. The van der Waals surface area contributed by atoms with E-state index in [1.165, 1.54) is 12.1 Å². The lowest BCUT2D eigenvalue weighted by Gasteiger charge is -2.01. The highest BCUT2D eigenvalue weighted by molar-refractivity contribution is 7.87. The maximum atomic E-state index is 12.1. The van der Waals surface area contributed by atoms with Gasteiger partial charge in [0, 0.05) is 0 Å². The number of halogens is 2. The van der Waals surface area contributed by atoms with Crippen molar-refractivity contribution in [3.63, 3.8) is 0 Å². The van der Waals surface area contributed by atoms with Gasteiger partial charge >= 0.3 is 10.4 Å². The van der Waals surface area contributed by atoms with Crippen LogP contribution in [0.25, 0.3) is 0 Å². The molecular weight excluding hydrogens is 205 g/mol. The maximum Gasteiger partial charge on any atom is 0.397 e. The van der Waals surface area contributed by atoms with Crippen molar-refractivity contribution in [1.82, 2.24) is 0 Å². The van der Waals surface area contributed by atoms with Crippen LogP contribution in [0.15, 0.2) is 24.3 Å². The Morgan fingerprint density at radius 2 is 1.92 bits per heavy atom. The quantitative estimate of drug-likeness (QED) is 0.757. The third-order valence-corrected chi connectivity index (χ3v) is 1.90. The molecule has 0 aliphatic rings. The SMILES string of the molecule is O=S(=O)(F)Nc1ccccc1Cl. The highest BCUT2D eigenvalue weighted by atomic mass is 35.5. The van der Waals surface area contributed by atoms with Crippen LogP contribution in [0.1, 0.15) is 0 Å². The number of hydrogen-bond acceptors (Lipinski definition) is 2. The molecule has 6 heteroatoms. The van der Waals surface area contributed by atoms with Gasteiger partial charge in [0.15, 0.2) is 0 Å². The zero-order valence-corrected chi connectivity index (χ0v) is 7.36. The molecular formula is C6H5ClFNO2S. The van der Waals surface area contributed by atoms with Gasteiger partial charge in [0.25, 0.3) is 0 Å². The van der Waals surface area contributed by atoms with Gasteiger partial charge in [0.2, 0.25) is 0 Å². The number of nitrogens with one attached hydrogen (secondary N) is 1. The molecule has 0 saturated carbocycles. The van der Waals surface area contributed by atoms with Gasteiger partial charge in [-0.05, 0) is 12.1 Å². The zero-order valence-electron chi connectivity index (χ0n) is 5.79. The largest absolute Gasteiger partial charge is 0.397 e. The fourth-order valence-corrected chi connectivity index (χ4v) is 1.35. The van der Waals surface area contributed by atoms with Crippen LogP contribution in [-0.2, 0) is 10.4 Å². The molecule has 0 heterocycles. The van der Waals surface area contributed by atoms with Crippen molar-refractivity contribution in [2.75, 3.05) is 4.72 Å². The van der Waals surface area contributed by atoms with Gasteiger partial charge in [-0.1, -0.05) is 27.6 Å². The second kappa shape index (κ2) is 3.28. The van der Waals surface area contributed by atoms with E-state index in [4.69, 9.17) is 11.6 Å². The predicted octanol–water partition coefficient (Wildman–Crippen LogP) is 1.97. The summed E-state index contributed by atoms with van der Waals surface area (Å²) in [6.07, 6.45) is 0. The van der Waals surface area contributed by atoms with E-state index in [0.29, 0.717) is 0 Å². The number of para-hydroxylation sites is 1. The van der Waals surface area contributed by atoms with Crippen LogP contribution < -0.4 is 4.72 Å². The standard InChI is InChI=1S/C6H5ClFNO2S/c7-5-3-1-2-4-6(5)9-12(8,10)11/h1-4,9H. The first kappa shape index (κ1) is 9.28. The van der Waals surface area contributed by atoms with E-state index >= 15 is 0 Å². The summed E-state index contributed by atoms with van der Waals surface area (Å²) in [7, 11) is -4.73. The molecule has 0 unspecified atom stereocenters. The minimum Gasteiger partial charge on any atom is -0.256 e. The van der Waals surface area contributed by atoms with Gasteiger partial charge in [-0.2, -0.15) is 8.42 Å². The lowest BCUT2D eigenvalue weighted by molar-refractivity contribution is 0.558. The summed E-state index contributed by atoms with van der Waals surface area (Å²) in [5.41, 5.74) is 0.0293. The van der Waals surface area contributed by atoms with E-state index < -0.39 is 10.4 Å². The summed E-state index contributed by atoms with van der Waals surface area (Å²) in [6, 6.07) is 5.96. The second-order valence-corrected chi connectivity index (χ2v) is 3.51. The van der Waals surface area contributed by atoms with Crippen LogP contribution in [0, 0.1) is 0 Å². The summed E-state index contributed by atoms with van der Waals surface area (Å²) in [5.74, 6) is 0. The third-order valence-electron chi connectivity index (χ3n) is 1.11. The van der Waals surface area contributed by atoms with Crippen molar-refractivity contribution in [2.45, 2.75) is 0 Å². The molecule has 0 spiro atoms. The van der Waals surface area contributed by atoms with Crippen molar-refractivity contribution in [3.8, 4) is 0 Å². The molecule has 66 valence electrons. The Balaban J connectivity index is 2.98. The van der Waals surface area contributed by atoms with Crippen LogP contribution in [0.2, 0.25) is 5.02 Å². The van der Waals surface area contributed by atoms with E-state index in [2.05, 4.69) is 0 Å². The topological polar surface area (TPSA) is 46.2 Å². The minimum atomic E-state index is -4.73. The second-order valence-electron chi connectivity index (χ2n) is 2.02. The minimum absolute atomic E-state index is 0.0293. The number of hydrogen-bond donors (Lipinski definition) is 1. The fourth-order valence-electron chi connectivity index (χ4n) is 0.675. The van der Waals surface area contributed by atoms with Gasteiger partial charge < -0.3 is 0 Å². The Bertz CT molecular complexity index is 379. The summed E-state index contributed by atoms with van der Waals surface area (Å²) in [4.78, 5) is 0. The van der Waals surface area contributed by atoms with Crippen molar-refractivity contribution in [1.29, 1.82) is 0 Å². The van der Waals surface area contributed by atoms with Crippen LogP contribution in [0.3, 0.4) is 0 Å². The number of benzene rings is 1. The van der Waals surface area contributed by atoms with E-state index in [1.807, 2.05) is 0 Å². The first-order chi connectivity index (χ1) is 5.49. The normalized spacial score (nSPS) is 11.2. The molecule has 0 aliphatic carbocycles. The fraction of sp³-hybridized carbons (Fsp3) is 0. The first-order valence-electron chi connectivity index (χ1n) is 2.96. The average Bonchev–Trinajstić information content (AvgIpc) is 1.91. The summed E-state index contributed by atoms with van der Waals surface area (Å²) < 4.78 is 33.9. The van der Waals surface area contributed by atoms with Crippen molar-refractivity contribution >= 4 is 27.7 Å². The monoisotopic (exact) mass is 209 g/mol. The number of rotatable bonds is 2. The van der Waals surface area contributed by atoms with E-state index in [-0.39, 0.29) is 10.7 Å². The summed E-state index contributed by atoms with van der Waals surface area (Å²) >= 11 is 5.54. The van der Waals surface area contributed by atoms with Crippen LogP contribution in [0.4, 0.5) is 9.57 Å². The molecule has 0 bridgehead atoms. The van der Waals surface area contributed by atoms with Crippen molar-refractivity contribution in [2.24, 2.45) is 0 Å². The molecule has 1 aromatic rings. The van der Waals surface area contributed by atoms with Gasteiger partial charge in [0.1, 0.15) is 0 Å². The molecule has 0 aromatic heterocycles. The molecule has 0 aliphatic heterocycles. The predicted molar refractivity (Wildman–Crippen MR) is 45.1 cm³/mol. The summed E-state index contributed by atoms with van der Waals surface area (Å²) in [5, 5.41) is 0.152. The Morgan fingerprint density at radius 3 is 2.42 bits per heavy atom. The smallest absolute Gasteiger partial charge is 0.256 e. The zero-order chi connectivity index (χ0) is 9.19. The van der Waals surface area contributed by atoms with Gasteiger partial charge in [0.05, 0.1) is 10.7 Å². The Morgan fingerprint density at radius 1 is 1.33 bits per heavy atom. The van der Waals surface area contributed by atoms with E-state index in [9.17, 15) is 12.3 Å². The lowest BCUT2D eigenvalue weighted by atomic mass is 10.3. The van der Waals surface area contributed by atoms with Gasteiger partial charge in [-0.3, -0.25) is 4.72 Å². The Labute approximate surface area is 74.5 Å². The Hall–Kier alpha value is -0.810. The van der Waals surface area contributed by atoms with Crippen LogP contribution >= 0.6 is 11.6 Å². The van der Waals surface area contributed by atoms with Crippen LogP contribution in [0.5, 0.6) is 0 Å². The van der Waals surface area contributed by atoms with Crippen LogP contribution in [-0.4, -0.2) is 8.42 Å². The average molecular weight is 210 g/mol. The molecule has 12 heavy (non-hydrogen) atoms. The molecule has 3 nitrogen and oxygen atoms in total. The van der Waals surface area contributed by atoms with E-state index in [0.717, 1.165) is 0 Å². The van der Waals surface area contributed by atoms with E-state index in [1.54, 1.807) is 16.9 Å². The number of anilines is 1. The molecule has 0 fully saturated rings. The van der Waals surface area contributed by atoms with Crippen molar-refractivity contribution < 1.29 is 12.3 Å². The van der Waals surface area contributed by atoms with Gasteiger partial charge in [-0.15, -0.1) is 0 Å². The molecule has 1 N–H and O–H groups in total. The molecule has 1 rings (SSSR count). The maximum absolute atomic E-state index is 12.1. The molecule has 0 amide bonds. The molecule has 0 radical (unpaired) electrons. The first-order valence-corrected chi connectivity index (χ1v) is 4.72.